The Hall–Kier alpha value is -2.79. The van der Waals surface area contributed by atoms with E-state index >= 15 is 0 Å². The molecule has 5 nitrogen and oxygen atoms in total. The molecule has 0 spiro atoms. The summed E-state index contributed by atoms with van der Waals surface area (Å²) in [4.78, 5) is 14.5. The molecule has 0 heterocycles. The Bertz CT molecular complexity index is 781. The smallest absolute Gasteiger partial charge is 0.244 e. The number of nitrogens with one attached hydrogen (secondary N) is 1. The number of hydrogen-bond acceptors (Lipinski definition) is 4. The number of rotatable bonds is 10. The Labute approximate surface area is 168 Å². The van der Waals surface area contributed by atoms with E-state index in [1.54, 1.807) is 20.3 Å². The van der Waals surface area contributed by atoms with Gasteiger partial charge < -0.3 is 14.8 Å². The Morgan fingerprint density at radius 2 is 1.68 bits per heavy atom. The lowest BCUT2D eigenvalue weighted by atomic mass is 10.1. The summed E-state index contributed by atoms with van der Waals surface area (Å²) in [5.41, 5.74) is 3.14. The maximum Gasteiger partial charge on any atom is 0.244 e. The fourth-order valence-corrected chi connectivity index (χ4v) is 2.85. The molecule has 0 saturated carbocycles. The van der Waals surface area contributed by atoms with Crippen LogP contribution in [0.15, 0.2) is 48.5 Å². The summed E-state index contributed by atoms with van der Waals surface area (Å²) in [6, 6.07) is 13.8. The third kappa shape index (κ3) is 6.43. The van der Waals surface area contributed by atoms with Crippen molar-refractivity contribution < 1.29 is 14.3 Å². The van der Waals surface area contributed by atoms with Gasteiger partial charge >= 0.3 is 0 Å². The average Bonchev–Trinajstić information content (AvgIpc) is 2.75. The van der Waals surface area contributed by atoms with E-state index in [1.807, 2.05) is 18.2 Å². The summed E-state index contributed by atoms with van der Waals surface area (Å²) in [5.74, 6) is 1.25. The summed E-state index contributed by atoms with van der Waals surface area (Å²) in [6.07, 6.45) is 3.23. The molecule has 0 saturated heterocycles. The number of ether oxygens (including phenoxy) is 2. The molecule has 1 amide bonds. The summed E-state index contributed by atoms with van der Waals surface area (Å²) in [5, 5.41) is 2.91. The molecule has 150 valence electrons. The van der Waals surface area contributed by atoms with E-state index in [-0.39, 0.29) is 5.91 Å². The van der Waals surface area contributed by atoms with Crippen LogP contribution in [0.5, 0.6) is 11.5 Å². The van der Waals surface area contributed by atoms with Gasteiger partial charge in [0.05, 0.1) is 14.2 Å². The van der Waals surface area contributed by atoms with Crippen molar-refractivity contribution in [2.24, 2.45) is 0 Å². The van der Waals surface area contributed by atoms with Crippen molar-refractivity contribution in [2.75, 3.05) is 27.3 Å². The molecule has 0 aliphatic carbocycles. The third-order valence-electron chi connectivity index (χ3n) is 4.64. The second-order valence-corrected chi connectivity index (χ2v) is 6.44. The Kier molecular flexibility index (Phi) is 8.56. The van der Waals surface area contributed by atoms with E-state index < -0.39 is 0 Å². The molecule has 5 heteroatoms. The molecule has 2 rings (SSSR count). The Morgan fingerprint density at radius 1 is 1.00 bits per heavy atom. The van der Waals surface area contributed by atoms with Gasteiger partial charge in [-0.15, -0.1) is 0 Å². The van der Waals surface area contributed by atoms with Crippen molar-refractivity contribution in [3.05, 3.63) is 65.2 Å². The molecule has 0 radical (unpaired) electrons. The summed E-state index contributed by atoms with van der Waals surface area (Å²) in [6.45, 7) is 7.86. The first kappa shape index (κ1) is 21.5. The molecule has 28 heavy (non-hydrogen) atoms. The van der Waals surface area contributed by atoms with Gasteiger partial charge in [0, 0.05) is 24.7 Å². The van der Waals surface area contributed by atoms with E-state index in [1.165, 1.54) is 11.6 Å². The molecule has 0 unspecified atom stereocenters. The molecule has 0 aromatic heterocycles. The molecular weight excluding hydrogens is 352 g/mol. The van der Waals surface area contributed by atoms with Gasteiger partial charge in [-0.05, 0) is 48.5 Å². The van der Waals surface area contributed by atoms with Crippen LogP contribution in [-0.4, -0.2) is 38.1 Å². The minimum atomic E-state index is -0.155. The number of hydrogen-bond donors (Lipinski definition) is 1. The van der Waals surface area contributed by atoms with Crippen molar-refractivity contribution in [1.82, 2.24) is 10.2 Å². The highest BCUT2D eigenvalue weighted by Crippen LogP contribution is 2.25. The maximum absolute atomic E-state index is 12.2. The van der Waals surface area contributed by atoms with Crippen LogP contribution in [0.4, 0.5) is 0 Å². The zero-order valence-corrected chi connectivity index (χ0v) is 17.2. The van der Waals surface area contributed by atoms with Crippen LogP contribution in [0.2, 0.25) is 0 Å². The van der Waals surface area contributed by atoms with E-state index in [4.69, 9.17) is 9.47 Å². The molecule has 2 aromatic carbocycles. The minimum Gasteiger partial charge on any atom is -0.497 e. The van der Waals surface area contributed by atoms with Crippen LogP contribution < -0.4 is 14.8 Å². The second-order valence-electron chi connectivity index (χ2n) is 6.44. The first-order valence-corrected chi connectivity index (χ1v) is 9.57. The quantitative estimate of drug-likeness (QED) is 0.634. The fourth-order valence-electron chi connectivity index (χ4n) is 2.85. The number of carbonyl (C=O) groups is 1. The molecule has 1 N–H and O–H groups in total. The van der Waals surface area contributed by atoms with E-state index in [0.29, 0.717) is 18.0 Å². The predicted molar refractivity (Wildman–Crippen MR) is 113 cm³/mol. The molecule has 0 aliphatic rings. The van der Waals surface area contributed by atoms with Crippen LogP contribution in [0.1, 0.15) is 30.5 Å². The highest BCUT2D eigenvalue weighted by molar-refractivity contribution is 5.92. The predicted octanol–water partition coefficient (Wildman–Crippen LogP) is 3.88. The number of nitrogens with zero attached hydrogens (tertiary/aromatic N) is 1. The highest BCUT2D eigenvalue weighted by atomic mass is 16.5. The zero-order valence-electron chi connectivity index (χ0n) is 17.2. The number of benzene rings is 2. The fraction of sp³-hybridized carbons (Fsp3) is 0.348. The summed E-state index contributed by atoms with van der Waals surface area (Å²) >= 11 is 0. The molecule has 0 bridgehead atoms. The SMILES string of the molecule is CCN(CC)Cc1ccc(CNC(=O)/C=C/c2cc(OC)ccc2OC)cc1. The average molecular weight is 383 g/mol. The van der Waals surface area contributed by atoms with Crippen molar-refractivity contribution >= 4 is 12.0 Å². The summed E-state index contributed by atoms with van der Waals surface area (Å²) in [7, 11) is 3.21. The van der Waals surface area contributed by atoms with Gasteiger partial charge in [-0.2, -0.15) is 0 Å². The van der Waals surface area contributed by atoms with Gasteiger partial charge in [0.1, 0.15) is 11.5 Å². The molecular formula is C23H30N2O3. The molecule has 0 fully saturated rings. The van der Waals surface area contributed by atoms with Crippen molar-refractivity contribution in [1.29, 1.82) is 0 Å². The summed E-state index contributed by atoms with van der Waals surface area (Å²) < 4.78 is 10.5. The second kappa shape index (κ2) is 11.1. The molecule has 0 aliphatic heterocycles. The van der Waals surface area contributed by atoms with Crippen LogP contribution in [0, 0.1) is 0 Å². The van der Waals surface area contributed by atoms with Crippen molar-refractivity contribution in [3.8, 4) is 11.5 Å². The van der Waals surface area contributed by atoms with Gasteiger partial charge in [0.25, 0.3) is 0 Å². The lowest BCUT2D eigenvalue weighted by molar-refractivity contribution is -0.116. The van der Waals surface area contributed by atoms with Gasteiger partial charge in [-0.3, -0.25) is 9.69 Å². The molecule has 2 aromatic rings. The number of carbonyl (C=O) groups excluding carboxylic acids is 1. The zero-order chi connectivity index (χ0) is 20.4. The van der Waals surface area contributed by atoms with Crippen LogP contribution >= 0.6 is 0 Å². The largest absolute Gasteiger partial charge is 0.497 e. The van der Waals surface area contributed by atoms with Gasteiger partial charge in [-0.1, -0.05) is 38.1 Å². The number of methoxy groups -OCH3 is 2. The standard InChI is InChI=1S/C23H30N2O3/c1-5-25(6-2)17-19-9-7-18(8-10-19)16-24-23(26)14-11-20-15-21(27-3)12-13-22(20)28-4/h7-15H,5-6,16-17H2,1-4H3,(H,24,26)/b14-11+. The topological polar surface area (TPSA) is 50.8 Å². The van der Waals surface area contributed by atoms with E-state index in [0.717, 1.165) is 30.8 Å². The van der Waals surface area contributed by atoms with Crippen LogP contribution in [-0.2, 0) is 17.9 Å². The highest BCUT2D eigenvalue weighted by Gasteiger charge is 2.04. The van der Waals surface area contributed by atoms with Crippen LogP contribution in [0.25, 0.3) is 6.08 Å². The molecule has 0 atom stereocenters. The van der Waals surface area contributed by atoms with Gasteiger partial charge in [0.2, 0.25) is 5.91 Å². The monoisotopic (exact) mass is 382 g/mol. The lowest BCUT2D eigenvalue weighted by Crippen LogP contribution is -2.22. The van der Waals surface area contributed by atoms with E-state index in [9.17, 15) is 4.79 Å². The van der Waals surface area contributed by atoms with E-state index in [2.05, 4.69) is 48.3 Å². The first-order valence-electron chi connectivity index (χ1n) is 9.57. The minimum absolute atomic E-state index is 0.155. The third-order valence-corrected chi connectivity index (χ3v) is 4.64. The first-order chi connectivity index (χ1) is 13.6. The van der Waals surface area contributed by atoms with Crippen molar-refractivity contribution in [3.63, 3.8) is 0 Å². The van der Waals surface area contributed by atoms with Gasteiger partial charge in [-0.25, -0.2) is 0 Å². The number of amides is 1. The lowest BCUT2D eigenvalue weighted by Gasteiger charge is -2.18. The Balaban J connectivity index is 1.91. The van der Waals surface area contributed by atoms with Crippen LogP contribution in [0.3, 0.4) is 0 Å². The van der Waals surface area contributed by atoms with Gasteiger partial charge in [0.15, 0.2) is 0 Å². The Morgan fingerprint density at radius 3 is 2.29 bits per heavy atom. The van der Waals surface area contributed by atoms with Crippen molar-refractivity contribution in [2.45, 2.75) is 26.9 Å². The maximum atomic E-state index is 12.2. The normalized spacial score (nSPS) is 11.0.